The average Bonchev–Trinajstić information content (AvgIpc) is 2.89. The van der Waals surface area contributed by atoms with E-state index >= 15 is 0 Å². The Kier molecular flexibility index (Phi) is 5.55. The molecule has 0 saturated carbocycles. The van der Waals surface area contributed by atoms with Gasteiger partial charge < -0.3 is 9.88 Å². The Balaban J connectivity index is 1.89. The molecule has 0 radical (unpaired) electrons. The minimum Gasteiger partial charge on any atom is -0.352 e. The van der Waals surface area contributed by atoms with Gasteiger partial charge in [-0.25, -0.2) is 4.98 Å². The normalized spacial score (nSPS) is 10.6. The lowest BCUT2D eigenvalue weighted by Crippen LogP contribution is -2.24. The van der Waals surface area contributed by atoms with Crippen molar-refractivity contribution < 1.29 is 4.79 Å². The Morgan fingerprint density at radius 1 is 1.24 bits per heavy atom. The van der Waals surface area contributed by atoms with Crippen molar-refractivity contribution in [3.63, 3.8) is 0 Å². The summed E-state index contributed by atoms with van der Waals surface area (Å²) >= 11 is 0. The molecule has 0 atom stereocenters. The summed E-state index contributed by atoms with van der Waals surface area (Å²) in [6.45, 7) is 5.67. The first kappa shape index (κ1) is 15.3. The van der Waals surface area contributed by atoms with Crippen LogP contribution < -0.4 is 5.32 Å². The van der Waals surface area contributed by atoms with Crippen LogP contribution in [0.3, 0.4) is 0 Å². The quantitative estimate of drug-likeness (QED) is 0.794. The summed E-state index contributed by atoms with van der Waals surface area (Å²) in [4.78, 5) is 16.2. The number of imidazole rings is 1. The van der Waals surface area contributed by atoms with Crippen LogP contribution in [-0.4, -0.2) is 22.0 Å². The SMILES string of the molecule is CCCCCNC(=O)c1ccc(Cn2ccnc2C)cc1. The van der Waals surface area contributed by atoms with E-state index in [0.717, 1.165) is 43.7 Å². The molecule has 0 unspecified atom stereocenters. The van der Waals surface area contributed by atoms with Gasteiger partial charge in [0.15, 0.2) is 0 Å². The van der Waals surface area contributed by atoms with Crippen molar-refractivity contribution in [2.75, 3.05) is 6.54 Å². The van der Waals surface area contributed by atoms with Gasteiger partial charge in [0.25, 0.3) is 5.91 Å². The molecule has 4 nitrogen and oxygen atoms in total. The Morgan fingerprint density at radius 2 is 2.00 bits per heavy atom. The van der Waals surface area contributed by atoms with Crippen molar-refractivity contribution in [3.8, 4) is 0 Å². The largest absolute Gasteiger partial charge is 0.352 e. The number of nitrogens with zero attached hydrogens (tertiary/aromatic N) is 2. The van der Waals surface area contributed by atoms with Crippen LogP contribution in [0, 0.1) is 6.92 Å². The summed E-state index contributed by atoms with van der Waals surface area (Å²) in [6.07, 6.45) is 7.12. The van der Waals surface area contributed by atoms with E-state index in [4.69, 9.17) is 0 Å². The van der Waals surface area contributed by atoms with Crippen LogP contribution in [-0.2, 0) is 6.54 Å². The molecule has 0 aliphatic rings. The van der Waals surface area contributed by atoms with Gasteiger partial charge in [0, 0.05) is 31.0 Å². The number of benzene rings is 1. The molecule has 1 aromatic heterocycles. The fourth-order valence-electron chi connectivity index (χ4n) is 2.21. The highest BCUT2D eigenvalue weighted by Crippen LogP contribution is 2.08. The zero-order valence-electron chi connectivity index (χ0n) is 12.8. The molecule has 21 heavy (non-hydrogen) atoms. The van der Waals surface area contributed by atoms with E-state index in [1.807, 2.05) is 37.4 Å². The van der Waals surface area contributed by atoms with Crippen LogP contribution in [0.2, 0.25) is 0 Å². The van der Waals surface area contributed by atoms with Crippen molar-refractivity contribution in [1.29, 1.82) is 0 Å². The molecule has 0 saturated heterocycles. The Morgan fingerprint density at radius 3 is 2.62 bits per heavy atom. The molecular formula is C17H23N3O. The smallest absolute Gasteiger partial charge is 0.251 e. The Bertz CT molecular complexity index is 572. The molecule has 112 valence electrons. The zero-order chi connectivity index (χ0) is 15.1. The van der Waals surface area contributed by atoms with E-state index in [0.29, 0.717) is 0 Å². The summed E-state index contributed by atoms with van der Waals surface area (Å²) in [5, 5.41) is 2.95. The molecule has 1 N–H and O–H groups in total. The first-order valence-corrected chi connectivity index (χ1v) is 7.55. The van der Waals surface area contributed by atoms with Gasteiger partial charge in [-0.15, -0.1) is 0 Å². The number of aromatic nitrogens is 2. The monoisotopic (exact) mass is 285 g/mol. The maximum absolute atomic E-state index is 12.0. The minimum absolute atomic E-state index is 0.0106. The maximum atomic E-state index is 12.0. The second-order valence-corrected chi connectivity index (χ2v) is 5.26. The Hall–Kier alpha value is -2.10. The zero-order valence-corrected chi connectivity index (χ0v) is 12.8. The molecule has 2 rings (SSSR count). The highest BCUT2D eigenvalue weighted by Gasteiger charge is 2.05. The van der Waals surface area contributed by atoms with Gasteiger partial charge in [-0.1, -0.05) is 31.9 Å². The summed E-state index contributed by atoms with van der Waals surface area (Å²) in [7, 11) is 0. The van der Waals surface area contributed by atoms with Gasteiger partial charge in [0.1, 0.15) is 5.82 Å². The third-order valence-corrected chi connectivity index (χ3v) is 3.56. The molecule has 0 aliphatic heterocycles. The van der Waals surface area contributed by atoms with Crippen LogP contribution in [0.4, 0.5) is 0 Å². The van der Waals surface area contributed by atoms with Crippen molar-refractivity contribution >= 4 is 5.91 Å². The number of rotatable bonds is 7. The van der Waals surface area contributed by atoms with E-state index in [2.05, 4.69) is 21.8 Å². The van der Waals surface area contributed by atoms with Crippen molar-refractivity contribution in [3.05, 3.63) is 53.6 Å². The third-order valence-electron chi connectivity index (χ3n) is 3.56. The standard InChI is InChI=1S/C17H23N3O/c1-3-4-5-10-19-17(21)16-8-6-15(7-9-16)13-20-12-11-18-14(20)2/h6-9,11-12H,3-5,10,13H2,1-2H3,(H,19,21). The molecule has 0 bridgehead atoms. The maximum Gasteiger partial charge on any atom is 0.251 e. The molecule has 0 spiro atoms. The number of hydrogen-bond donors (Lipinski definition) is 1. The molecule has 1 heterocycles. The summed E-state index contributed by atoms with van der Waals surface area (Å²) in [6, 6.07) is 7.77. The summed E-state index contributed by atoms with van der Waals surface area (Å²) in [5.74, 6) is 1.00. The number of unbranched alkanes of at least 4 members (excludes halogenated alkanes) is 2. The molecule has 4 heteroatoms. The molecule has 1 aromatic carbocycles. The summed E-state index contributed by atoms with van der Waals surface area (Å²) < 4.78 is 2.08. The van der Waals surface area contributed by atoms with E-state index in [-0.39, 0.29) is 5.91 Å². The van der Waals surface area contributed by atoms with Crippen LogP contribution in [0.1, 0.15) is 47.9 Å². The number of carbonyl (C=O) groups excluding carboxylic acids is 1. The third kappa shape index (κ3) is 4.45. The van der Waals surface area contributed by atoms with Crippen LogP contribution >= 0.6 is 0 Å². The predicted octanol–water partition coefficient (Wildman–Crippen LogP) is 3.16. The van der Waals surface area contributed by atoms with Crippen molar-refractivity contribution in [2.45, 2.75) is 39.7 Å². The molecule has 1 amide bonds. The van der Waals surface area contributed by atoms with Gasteiger partial charge in [0.05, 0.1) is 0 Å². The number of carbonyl (C=O) groups is 1. The fourth-order valence-corrected chi connectivity index (χ4v) is 2.21. The molecule has 0 fully saturated rings. The van der Waals surface area contributed by atoms with Crippen molar-refractivity contribution in [1.82, 2.24) is 14.9 Å². The van der Waals surface area contributed by atoms with E-state index in [9.17, 15) is 4.79 Å². The lowest BCUT2D eigenvalue weighted by atomic mass is 10.1. The minimum atomic E-state index is 0.0106. The van der Waals surface area contributed by atoms with E-state index in [1.165, 1.54) is 5.56 Å². The number of aryl methyl sites for hydroxylation is 1. The van der Waals surface area contributed by atoms with Gasteiger partial charge in [-0.3, -0.25) is 4.79 Å². The second-order valence-electron chi connectivity index (χ2n) is 5.26. The second kappa shape index (κ2) is 7.62. The lowest BCUT2D eigenvalue weighted by Gasteiger charge is -2.07. The number of amides is 1. The van der Waals surface area contributed by atoms with Gasteiger partial charge in [0.2, 0.25) is 0 Å². The van der Waals surface area contributed by atoms with Gasteiger partial charge in [-0.05, 0) is 31.0 Å². The van der Waals surface area contributed by atoms with Gasteiger partial charge >= 0.3 is 0 Å². The van der Waals surface area contributed by atoms with E-state index in [1.54, 1.807) is 6.20 Å². The fraction of sp³-hybridized carbons (Fsp3) is 0.412. The highest BCUT2D eigenvalue weighted by atomic mass is 16.1. The first-order chi connectivity index (χ1) is 10.2. The van der Waals surface area contributed by atoms with E-state index < -0.39 is 0 Å². The number of nitrogens with one attached hydrogen (secondary N) is 1. The number of hydrogen-bond acceptors (Lipinski definition) is 2. The summed E-state index contributed by atoms with van der Waals surface area (Å²) in [5.41, 5.74) is 1.89. The van der Waals surface area contributed by atoms with Crippen LogP contribution in [0.25, 0.3) is 0 Å². The first-order valence-electron chi connectivity index (χ1n) is 7.55. The Labute approximate surface area is 126 Å². The molecular weight excluding hydrogens is 262 g/mol. The van der Waals surface area contributed by atoms with Gasteiger partial charge in [-0.2, -0.15) is 0 Å². The highest BCUT2D eigenvalue weighted by molar-refractivity contribution is 5.94. The topological polar surface area (TPSA) is 46.9 Å². The predicted molar refractivity (Wildman–Crippen MR) is 84.4 cm³/mol. The molecule has 0 aliphatic carbocycles. The van der Waals surface area contributed by atoms with Crippen LogP contribution in [0.15, 0.2) is 36.7 Å². The lowest BCUT2D eigenvalue weighted by molar-refractivity contribution is 0.0953. The van der Waals surface area contributed by atoms with Crippen LogP contribution in [0.5, 0.6) is 0 Å². The van der Waals surface area contributed by atoms with Crippen molar-refractivity contribution in [2.24, 2.45) is 0 Å². The average molecular weight is 285 g/mol. The molecule has 2 aromatic rings.